The first-order valence-electron chi connectivity index (χ1n) is 6.38. The molecule has 2 rings (SSSR count). The van der Waals surface area contributed by atoms with Gasteiger partial charge in [0.2, 0.25) is 5.91 Å². The predicted molar refractivity (Wildman–Crippen MR) is 78.5 cm³/mol. The molecule has 0 unspecified atom stereocenters. The van der Waals surface area contributed by atoms with Crippen molar-refractivity contribution in [3.8, 4) is 11.8 Å². The number of nitrogens with one attached hydrogen (secondary N) is 1. The summed E-state index contributed by atoms with van der Waals surface area (Å²) >= 11 is 11.7. The largest absolute Gasteiger partial charge is 0.416 e. The van der Waals surface area contributed by atoms with Crippen LogP contribution in [0.2, 0.25) is 0 Å². The molecule has 0 aromatic heterocycles. The molecule has 1 aromatic carbocycles. The van der Waals surface area contributed by atoms with Gasteiger partial charge in [-0.25, -0.2) is 0 Å². The maximum Gasteiger partial charge on any atom is 0.416 e. The smallest absolute Gasteiger partial charge is 0.345 e. The van der Waals surface area contributed by atoms with E-state index in [-0.39, 0.29) is 18.0 Å². The Morgan fingerprint density at radius 3 is 2.59 bits per heavy atom. The van der Waals surface area contributed by atoms with Crippen molar-refractivity contribution in [1.82, 2.24) is 5.32 Å². The molecule has 0 heterocycles. The highest BCUT2D eigenvalue weighted by Crippen LogP contribution is 2.63. The minimum absolute atomic E-state index is 0.00846. The van der Waals surface area contributed by atoms with Gasteiger partial charge < -0.3 is 5.32 Å². The molecule has 0 bridgehead atoms. The Morgan fingerprint density at radius 1 is 1.41 bits per heavy atom. The first-order chi connectivity index (χ1) is 10.1. The first-order valence-corrected chi connectivity index (χ1v) is 7.14. The molecule has 1 saturated carbocycles. The van der Waals surface area contributed by atoms with Gasteiger partial charge in [0.1, 0.15) is 4.33 Å². The second kappa shape index (κ2) is 5.68. The fourth-order valence-corrected chi connectivity index (χ4v) is 2.59. The lowest BCUT2D eigenvalue weighted by Crippen LogP contribution is -2.33. The Bertz CT molecular complexity index is 661. The maximum atomic E-state index is 12.5. The molecule has 1 atom stereocenters. The van der Waals surface area contributed by atoms with Crippen LogP contribution in [0, 0.1) is 17.3 Å². The van der Waals surface area contributed by atoms with Gasteiger partial charge in [0.15, 0.2) is 0 Å². The van der Waals surface area contributed by atoms with Crippen LogP contribution in [0.4, 0.5) is 13.2 Å². The summed E-state index contributed by atoms with van der Waals surface area (Å²) in [5.41, 5.74) is -1.37. The lowest BCUT2D eigenvalue weighted by molar-refractivity contribution is -0.137. The minimum atomic E-state index is -4.41. The molecule has 2 nitrogen and oxygen atoms in total. The molecule has 1 amide bonds. The van der Waals surface area contributed by atoms with Crippen molar-refractivity contribution >= 4 is 29.1 Å². The van der Waals surface area contributed by atoms with Crippen LogP contribution in [0.25, 0.3) is 0 Å². The van der Waals surface area contributed by atoms with Crippen LogP contribution in [0.5, 0.6) is 0 Å². The molecule has 22 heavy (non-hydrogen) atoms. The van der Waals surface area contributed by atoms with Crippen LogP contribution in [0.1, 0.15) is 24.5 Å². The third-order valence-corrected chi connectivity index (χ3v) is 4.62. The number of carbonyl (C=O) groups excluding carboxylic acids is 1. The Labute approximate surface area is 136 Å². The summed E-state index contributed by atoms with van der Waals surface area (Å²) in [7, 11) is 0. The zero-order valence-electron chi connectivity index (χ0n) is 11.5. The number of carbonyl (C=O) groups is 1. The zero-order chi connectivity index (χ0) is 16.6. The highest BCUT2D eigenvalue weighted by Gasteiger charge is 2.67. The summed E-state index contributed by atoms with van der Waals surface area (Å²) in [5, 5.41) is 2.55. The lowest BCUT2D eigenvalue weighted by Gasteiger charge is -2.10. The van der Waals surface area contributed by atoms with Crippen LogP contribution in [0.15, 0.2) is 24.3 Å². The van der Waals surface area contributed by atoms with E-state index in [0.717, 1.165) is 12.1 Å². The van der Waals surface area contributed by atoms with E-state index in [1.54, 1.807) is 6.92 Å². The van der Waals surface area contributed by atoms with Crippen LogP contribution >= 0.6 is 23.2 Å². The van der Waals surface area contributed by atoms with E-state index in [4.69, 9.17) is 23.2 Å². The molecule has 118 valence electrons. The second-order valence-corrected chi connectivity index (χ2v) is 6.76. The summed E-state index contributed by atoms with van der Waals surface area (Å²) in [5.74, 6) is 4.85. The average Bonchev–Trinajstić information content (AvgIpc) is 2.94. The highest BCUT2D eigenvalue weighted by molar-refractivity contribution is 6.53. The molecule has 1 aliphatic rings. The Morgan fingerprint density at radius 2 is 2.05 bits per heavy atom. The van der Waals surface area contributed by atoms with Crippen LogP contribution in [-0.4, -0.2) is 16.8 Å². The quantitative estimate of drug-likeness (QED) is 0.639. The summed E-state index contributed by atoms with van der Waals surface area (Å²) in [6, 6.07) is 4.68. The van der Waals surface area contributed by atoms with E-state index in [9.17, 15) is 18.0 Å². The van der Waals surface area contributed by atoms with Crippen molar-refractivity contribution in [3.63, 3.8) is 0 Å². The molecular weight excluding hydrogens is 338 g/mol. The molecule has 7 heteroatoms. The van der Waals surface area contributed by atoms with Gasteiger partial charge in [-0.3, -0.25) is 4.79 Å². The van der Waals surface area contributed by atoms with Crippen molar-refractivity contribution in [2.45, 2.75) is 23.9 Å². The number of alkyl halides is 5. The molecule has 0 saturated heterocycles. The van der Waals surface area contributed by atoms with E-state index >= 15 is 0 Å². The molecule has 0 radical (unpaired) electrons. The fourth-order valence-electron chi connectivity index (χ4n) is 1.89. The summed E-state index contributed by atoms with van der Waals surface area (Å²) in [6.07, 6.45) is -4.05. The van der Waals surface area contributed by atoms with Crippen molar-refractivity contribution in [1.29, 1.82) is 0 Å². The summed E-state index contributed by atoms with van der Waals surface area (Å²) in [4.78, 5) is 11.8. The normalized spacial score (nSPS) is 22.5. The number of benzene rings is 1. The number of hydrogen-bond donors (Lipinski definition) is 1. The Kier molecular flexibility index (Phi) is 4.38. The van der Waals surface area contributed by atoms with Gasteiger partial charge in [0, 0.05) is 5.56 Å². The predicted octanol–water partition coefficient (Wildman–Crippen LogP) is 3.76. The molecule has 0 aliphatic heterocycles. The van der Waals surface area contributed by atoms with Crippen molar-refractivity contribution < 1.29 is 18.0 Å². The van der Waals surface area contributed by atoms with Gasteiger partial charge in [0.05, 0.1) is 17.5 Å². The number of rotatable bonds is 2. The lowest BCUT2D eigenvalue weighted by atomic mass is 10.1. The van der Waals surface area contributed by atoms with Crippen LogP contribution < -0.4 is 5.32 Å². The topological polar surface area (TPSA) is 29.1 Å². The third-order valence-electron chi connectivity index (χ3n) is 3.52. The number of amides is 1. The molecule has 1 aliphatic carbocycles. The zero-order valence-corrected chi connectivity index (χ0v) is 13.0. The summed E-state index contributed by atoms with van der Waals surface area (Å²) in [6.45, 7) is 1.65. The molecule has 1 aromatic rings. The van der Waals surface area contributed by atoms with Crippen molar-refractivity contribution in [2.24, 2.45) is 5.41 Å². The molecule has 1 N–H and O–H groups in total. The van der Waals surface area contributed by atoms with Crippen LogP contribution in [-0.2, 0) is 11.0 Å². The maximum absolute atomic E-state index is 12.5. The second-order valence-electron chi connectivity index (χ2n) is 5.28. The van der Waals surface area contributed by atoms with Gasteiger partial charge in [0.25, 0.3) is 0 Å². The van der Waals surface area contributed by atoms with E-state index in [0.29, 0.717) is 6.42 Å². The molecular formula is C15H12Cl2F3NO. The minimum Gasteiger partial charge on any atom is -0.345 e. The SMILES string of the molecule is C[C@@]1(C(=O)NCC#Cc2cccc(C(F)(F)F)c2)CC1(Cl)Cl. The van der Waals surface area contributed by atoms with Crippen molar-refractivity contribution in [3.05, 3.63) is 35.4 Å². The van der Waals surface area contributed by atoms with E-state index in [1.165, 1.54) is 12.1 Å². The van der Waals surface area contributed by atoms with Gasteiger partial charge in [-0.2, -0.15) is 13.2 Å². The van der Waals surface area contributed by atoms with Gasteiger partial charge >= 0.3 is 6.18 Å². The van der Waals surface area contributed by atoms with E-state index < -0.39 is 21.5 Å². The first kappa shape index (κ1) is 17.0. The average molecular weight is 350 g/mol. The van der Waals surface area contributed by atoms with Gasteiger partial charge in [-0.1, -0.05) is 17.9 Å². The molecule has 1 fully saturated rings. The standard InChI is InChI=1S/C15H12Cl2F3NO/c1-13(9-14(13,16)17)12(22)21-7-3-5-10-4-2-6-11(8-10)15(18,19)20/h2,4,6,8H,7,9H2,1H3,(H,21,22)/t13-/m0/s1. The van der Waals surface area contributed by atoms with Crippen LogP contribution in [0.3, 0.4) is 0 Å². The van der Waals surface area contributed by atoms with E-state index in [1.807, 2.05) is 0 Å². The number of hydrogen-bond acceptors (Lipinski definition) is 1. The van der Waals surface area contributed by atoms with Gasteiger partial charge in [-0.05, 0) is 31.5 Å². The van der Waals surface area contributed by atoms with Gasteiger partial charge in [-0.15, -0.1) is 23.2 Å². The Hall–Kier alpha value is -1.38. The monoisotopic (exact) mass is 349 g/mol. The number of halogens is 5. The van der Waals surface area contributed by atoms with E-state index in [2.05, 4.69) is 17.2 Å². The summed E-state index contributed by atoms with van der Waals surface area (Å²) < 4.78 is 36.6. The highest BCUT2D eigenvalue weighted by atomic mass is 35.5. The fraction of sp³-hybridized carbons (Fsp3) is 0.400. The Balaban J connectivity index is 1.94. The van der Waals surface area contributed by atoms with Crippen molar-refractivity contribution in [2.75, 3.05) is 6.54 Å². The third kappa shape index (κ3) is 3.50. The molecule has 0 spiro atoms.